The van der Waals surface area contributed by atoms with Crippen LogP contribution in [-0.2, 0) is 14.7 Å². The minimum atomic E-state index is -0.694. The van der Waals surface area contributed by atoms with Crippen molar-refractivity contribution in [1.82, 2.24) is 9.55 Å². The first-order valence-corrected chi connectivity index (χ1v) is 23.6. The number of benzene rings is 9. The van der Waals surface area contributed by atoms with Crippen LogP contribution in [0.4, 0.5) is 17.1 Å². The molecule has 1 fully saturated rings. The predicted molar refractivity (Wildman–Crippen MR) is 279 cm³/mol. The van der Waals surface area contributed by atoms with E-state index in [0.717, 1.165) is 72.9 Å². The molecule has 6 heteroatoms. The van der Waals surface area contributed by atoms with Crippen LogP contribution in [-0.4, -0.2) is 27.9 Å². The third kappa shape index (κ3) is 6.01. The Bertz CT molecular complexity index is 3540. The molecule has 2 aliphatic heterocycles. The van der Waals surface area contributed by atoms with Gasteiger partial charge in [-0.1, -0.05) is 146 Å². The molecule has 1 aliphatic carbocycles. The zero-order valence-corrected chi connectivity index (χ0v) is 38.5. The lowest BCUT2D eigenvalue weighted by Crippen LogP contribution is -2.41. The molecule has 0 atom stereocenters. The molecule has 10 aromatic rings. The third-order valence-electron chi connectivity index (χ3n) is 15.0. The van der Waals surface area contributed by atoms with Crippen LogP contribution in [0.3, 0.4) is 0 Å². The van der Waals surface area contributed by atoms with Gasteiger partial charge in [-0.2, -0.15) is 0 Å². The summed E-state index contributed by atoms with van der Waals surface area (Å²) >= 11 is 0. The van der Waals surface area contributed by atoms with Crippen LogP contribution < -0.4 is 10.4 Å². The van der Waals surface area contributed by atoms with Crippen molar-refractivity contribution >= 4 is 40.7 Å². The van der Waals surface area contributed by atoms with Gasteiger partial charge >= 0.3 is 7.12 Å². The van der Waals surface area contributed by atoms with Gasteiger partial charge in [-0.3, -0.25) is 4.57 Å². The van der Waals surface area contributed by atoms with Crippen molar-refractivity contribution in [3.8, 4) is 50.5 Å². The number of rotatable bonds is 6. The van der Waals surface area contributed by atoms with E-state index in [1.165, 1.54) is 33.4 Å². The highest BCUT2D eigenvalue weighted by atomic mass is 16.7. The minimum absolute atomic E-state index is 0.493. The van der Waals surface area contributed by atoms with E-state index in [1.807, 2.05) is 0 Å². The molecule has 1 spiro atoms. The maximum absolute atomic E-state index is 6.80. The zero-order valence-electron chi connectivity index (χ0n) is 38.5. The lowest BCUT2D eigenvalue weighted by molar-refractivity contribution is 0.00578. The fraction of sp³-hybridized carbons (Fsp3) is 0.113. The van der Waals surface area contributed by atoms with Gasteiger partial charge in [-0.05, 0) is 162 Å². The summed E-state index contributed by atoms with van der Waals surface area (Å²) in [4.78, 5) is 7.82. The van der Waals surface area contributed by atoms with Crippen molar-refractivity contribution in [2.24, 2.45) is 0 Å². The third-order valence-corrected chi connectivity index (χ3v) is 15.0. The predicted octanol–water partition coefficient (Wildman–Crippen LogP) is 14.5. The molecule has 0 N–H and O–H groups in total. The van der Waals surface area contributed by atoms with Crippen molar-refractivity contribution in [3.05, 3.63) is 241 Å². The monoisotopic (exact) mass is 877 g/mol. The highest BCUT2D eigenvalue weighted by Gasteiger charge is 2.55. The molecule has 68 heavy (non-hydrogen) atoms. The standard InChI is InChI=1S/C62H48BN3O2/c1-60(2)61(3,4)68-63(67-60)46-33-35-57-54(40-46)62(51-28-16-14-26-49(51)50-27-15-17-29-52(50)62)53-39-42(32-34-56(53)65(57)47-22-10-6-11-23-47)44-36-43(41-20-8-5-9-21-41)37-45(38-44)59-64-55-30-18-19-31-58(55)66(59)48-24-12-7-13-25-48/h5-40H,1-4H3. The average molecular weight is 878 g/mol. The molecule has 9 aromatic carbocycles. The summed E-state index contributed by atoms with van der Waals surface area (Å²) in [6.07, 6.45) is 0. The fourth-order valence-electron chi connectivity index (χ4n) is 11.1. The number of hydrogen-bond donors (Lipinski definition) is 0. The first-order chi connectivity index (χ1) is 33.2. The number of fused-ring (bicyclic) bond motifs is 10. The van der Waals surface area contributed by atoms with Gasteiger partial charge in [-0.15, -0.1) is 0 Å². The van der Waals surface area contributed by atoms with Gasteiger partial charge in [0, 0.05) is 16.9 Å². The van der Waals surface area contributed by atoms with Crippen LogP contribution in [0.1, 0.15) is 49.9 Å². The molecule has 3 aliphatic rings. The van der Waals surface area contributed by atoms with E-state index >= 15 is 0 Å². The zero-order chi connectivity index (χ0) is 45.8. The van der Waals surface area contributed by atoms with Crippen molar-refractivity contribution in [1.29, 1.82) is 0 Å². The SMILES string of the molecule is CC1(C)OB(c2ccc3c(c2)C2(c4ccccc4-c4ccccc42)c2cc(-c4cc(-c5ccccc5)cc(-c5nc6ccccc6n5-c5ccccc5)c4)ccc2N3c2ccccc2)OC1(C)C. The number of nitrogens with zero attached hydrogens (tertiary/aromatic N) is 3. The topological polar surface area (TPSA) is 39.5 Å². The quantitative estimate of drug-likeness (QED) is 0.156. The highest BCUT2D eigenvalue weighted by Crippen LogP contribution is 2.63. The molecule has 3 heterocycles. The van der Waals surface area contributed by atoms with Crippen LogP contribution in [0.25, 0.3) is 61.5 Å². The van der Waals surface area contributed by atoms with E-state index in [-0.39, 0.29) is 0 Å². The molecular formula is C62H48BN3O2. The fourth-order valence-corrected chi connectivity index (χ4v) is 11.1. The van der Waals surface area contributed by atoms with Crippen LogP contribution >= 0.6 is 0 Å². The molecule has 1 saturated heterocycles. The highest BCUT2D eigenvalue weighted by molar-refractivity contribution is 6.62. The maximum Gasteiger partial charge on any atom is 0.494 e. The van der Waals surface area contributed by atoms with Gasteiger partial charge in [0.25, 0.3) is 0 Å². The molecule has 326 valence electrons. The van der Waals surface area contributed by atoms with Gasteiger partial charge in [0.05, 0.1) is 39.0 Å². The van der Waals surface area contributed by atoms with E-state index < -0.39 is 23.7 Å². The van der Waals surface area contributed by atoms with E-state index in [2.05, 4.69) is 256 Å². The lowest BCUT2D eigenvalue weighted by atomic mass is 9.62. The van der Waals surface area contributed by atoms with Crippen molar-refractivity contribution in [2.45, 2.75) is 44.3 Å². The van der Waals surface area contributed by atoms with Crippen molar-refractivity contribution in [2.75, 3.05) is 4.90 Å². The Morgan fingerprint density at radius 3 is 1.59 bits per heavy atom. The Morgan fingerprint density at radius 1 is 0.412 bits per heavy atom. The molecule has 13 rings (SSSR count). The van der Waals surface area contributed by atoms with Gasteiger partial charge in [0.2, 0.25) is 0 Å². The number of hydrogen-bond acceptors (Lipinski definition) is 4. The second-order valence-corrected chi connectivity index (χ2v) is 19.4. The summed E-state index contributed by atoms with van der Waals surface area (Å²) in [5.74, 6) is 0.893. The average Bonchev–Trinajstić information content (AvgIpc) is 3.99. The Hall–Kier alpha value is -7.77. The summed E-state index contributed by atoms with van der Waals surface area (Å²) in [6.45, 7) is 8.50. The van der Waals surface area contributed by atoms with Crippen molar-refractivity contribution < 1.29 is 9.31 Å². The van der Waals surface area contributed by atoms with Crippen LogP contribution in [0.15, 0.2) is 218 Å². The van der Waals surface area contributed by atoms with Crippen LogP contribution in [0.5, 0.6) is 0 Å². The normalized spacial score (nSPS) is 15.8. The number of imidazole rings is 1. The molecular weight excluding hydrogens is 830 g/mol. The molecule has 0 amide bonds. The van der Waals surface area contributed by atoms with Crippen LogP contribution in [0.2, 0.25) is 0 Å². The molecule has 0 bridgehead atoms. The summed E-state index contributed by atoms with van der Waals surface area (Å²) < 4.78 is 15.9. The Labute approximate surface area is 398 Å². The van der Waals surface area contributed by atoms with Gasteiger partial charge in [0.1, 0.15) is 5.82 Å². The van der Waals surface area contributed by atoms with E-state index in [1.54, 1.807) is 0 Å². The molecule has 0 radical (unpaired) electrons. The van der Waals surface area contributed by atoms with E-state index in [4.69, 9.17) is 14.3 Å². The second kappa shape index (κ2) is 15.1. The molecule has 0 unspecified atom stereocenters. The molecule has 1 aromatic heterocycles. The van der Waals surface area contributed by atoms with Crippen LogP contribution in [0, 0.1) is 0 Å². The molecule has 0 saturated carbocycles. The Morgan fingerprint density at radius 2 is 0.926 bits per heavy atom. The van der Waals surface area contributed by atoms with E-state index in [9.17, 15) is 0 Å². The largest absolute Gasteiger partial charge is 0.494 e. The smallest absolute Gasteiger partial charge is 0.399 e. The summed E-state index contributed by atoms with van der Waals surface area (Å²) in [7, 11) is -0.536. The number of aromatic nitrogens is 2. The summed E-state index contributed by atoms with van der Waals surface area (Å²) in [5, 5.41) is 0. The van der Waals surface area contributed by atoms with Crippen molar-refractivity contribution in [3.63, 3.8) is 0 Å². The Kier molecular flexibility index (Phi) is 9.01. The number of para-hydroxylation sites is 4. The summed E-state index contributed by atoms with van der Waals surface area (Å²) in [5.41, 5.74) is 18.7. The second-order valence-electron chi connectivity index (χ2n) is 19.4. The first kappa shape index (κ1) is 40.5. The summed E-state index contributed by atoms with van der Waals surface area (Å²) in [6, 6.07) is 79.5. The van der Waals surface area contributed by atoms with Gasteiger partial charge in [0.15, 0.2) is 0 Å². The molecule has 5 nitrogen and oxygen atoms in total. The Balaban J connectivity index is 1.10. The minimum Gasteiger partial charge on any atom is -0.399 e. The van der Waals surface area contributed by atoms with Gasteiger partial charge < -0.3 is 14.2 Å². The first-order valence-electron chi connectivity index (χ1n) is 23.6. The number of anilines is 3. The van der Waals surface area contributed by atoms with E-state index in [0.29, 0.717) is 0 Å². The van der Waals surface area contributed by atoms with Gasteiger partial charge in [-0.25, -0.2) is 4.98 Å². The lowest BCUT2D eigenvalue weighted by Gasteiger charge is -2.45. The maximum atomic E-state index is 6.80.